The molecule has 2 aliphatic heterocycles. The van der Waals surface area contributed by atoms with Crippen LogP contribution in [0.15, 0.2) is 28.6 Å². The van der Waals surface area contributed by atoms with Crippen LogP contribution in [0.5, 0.6) is 5.88 Å². The minimum absolute atomic E-state index is 0.0547. The largest absolute Gasteiger partial charge is 0.479 e. The van der Waals surface area contributed by atoms with Crippen molar-refractivity contribution in [1.82, 2.24) is 29.9 Å². The fraction of sp³-hybridized carbons (Fsp3) is 0.500. The Bertz CT molecular complexity index is 1450. The maximum atomic E-state index is 9.60. The third kappa shape index (κ3) is 5.16. The molecule has 208 valence electrons. The molecule has 0 radical (unpaired) electrons. The normalized spacial score (nSPS) is 23.3. The number of H-pyrrole nitrogens is 1. The maximum Gasteiger partial charge on any atom is 0.221 e. The number of nitrogens with zero attached hydrogens (tertiary/aromatic N) is 6. The van der Waals surface area contributed by atoms with Crippen LogP contribution in [0.4, 0.5) is 0 Å². The monoisotopic (exact) mass is 534 g/mol. The van der Waals surface area contributed by atoms with Crippen LogP contribution in [0.2, 0.25) is 0 Å². The maximum absolute atomic E-state index is 9.60. The highest BCUT2D eigenvalue weighted by atomic mass is 16.5. The third-order valence-corrected chi connectivity index (χ3v) is 7.47. The van der Waals surface area contributed by atoms with Crippen LogP contribution < -0.4 is 10.5 Å². The van der Waals surface area contributed by atoms with Gasteiger partial charge in [0.1, 0.15) is 11.6 Å². The molecule has 4 N–H and O–H groups in total. The average molecular weight is 535 g/mol. The molecule has 2 aliphatic rings. The molecule has 11 heteroatoms. The van der Waals surface area contributed by atoms with E-state index in [1.807, 2.05) is 46.0 Å². The van der Waals surface area contributed by atoms with E-state index in [9.17, 15) is 5.11 Å². The molecule has 11 nitrogen and oxygen atoms in total. The zero-order valence-corrected chi connectivity index (χ0v) is 23.4. The highest BCUT2D eigenvalue weighted by molar-refractivity contribution is 6.05. The van der Waals surface area contributed by atoms with Crippen molar-refractivity contribution in [2.75, 3.05) is 32.8 Å². The van der Waals surface area contributed by atoms with Gasteiger partial charge in [-0.25, -0.2) is 4.68 Å². The minimum atomic E-state index is -0.119. The van der Waals surface area contributed by atoms with Gasteiger partial charge in [0.2, 0.25) is 5.88 Å². The number of allylic oxidation sites excluding steroid dienone is 1. The second-order valence-electron chi connectivity index (χ2n) is 10.1. The summed E-state index contributed by atoms with van der Waals surface area (Å²) < 4.78 is 14.3. The summed E-state index contributed by atoms with van der Waals surface area (Å²) in [5, 5.41) is 22.9. The van der Waals surface area contributed by atoms with E-state index < -0.39 is 0 Å². The van der Waals surface area contributed by atoms with Gasteiger partial charge in [-0.3, -0.25) is 20.0 Å². The summed E-state index contributed by atoms with van der Waals surface area (Å²) >= 11 is 0. The molecule has 0 spiro atoms. The molecule has 1 saturated heterocycles. The fourth-order valence-electron chi connectivity index (χ4n) is 5.66. The smallest absolute Gasteiger partial charge is 0.221 e. The summed E-state index contributed by atoms with van der Waals surface area (Å²) in [7, 11) is 1.91. The van der Waals surface area contributed by atoms with Crippen molar-refractivity contribution in [2.24, 2.45) is 17.8 Å². The van der Waals surface area contributed by atoms with Crippen LogP contribution in [-0.2, 0) is 11.8 Å². The Morgan fingerprint density at radius 1 is 1.31 bits per heavy atom. The molecule has 5 rings (SSSR count). The molecule has 0 unspecified atom stereocenters. The second-order valence-corrected chi connectivity index (χ2v) is 10.1. The van der Waals surface area contributed by atoms with Crippen molar-refractivity contribution in [3.05, 3.63) is 40.7 Å². The first kappa shape index (κ1) is 26.9. The predicted molar refractivity (Wildman–Crippen MR) is 152 cm³/mol. The number of rotatable bonds is 4. The lowest BCUT2D eigenvalue weighted by molar-refractivity contribution is 0.107. The van der Waals surface area contributed by atoms with Crippen LogP contribution in [0, 0.1) is 13.8 Å². The van der Waals surface area contributed by atoms with Crippen LogP contribution in [-0.4, -0.2) is 85.7 Å². The van der Waals surface area contributed by atoms with Crippen molar-refractivity contribution in [3.8, 4) is 17.1 Å². The first-order valence-electron chi connectivity index (χ1n) is 13.6. The first-order chi connectivity index (χ1) is 18.8. The lowest BCUT2D eigenvalue weighted by Gasteiger charge is -2.30. The van der Waals surface area contributed by atoms with Gasteiger partial charge in [-0.1, -0.05) is 0 Å². The van der Waals surface area contributed by atoms with Crippen molar-refractivity contribution in [1.29, 1.82) is 0 Å². The summed E-state index contributed by atoms with van der Waals surface area (Å²) in [4.78, 5) is 12.0. The minimum Gasteiger partial charge on any atom is -0.479 e. The number of hydrogen-bond acceptors (Lipinski definition) is 9. The number of hydrogen-bond donors (Lipinski definition) is 3. The Labute approximate surface area is 228 Å². The highest BCUT2D eigenvalue weighted by Crippen LogP contribution is 2.36. The number of nitrogens with one attached hydrogen (secondary N) is 1. The van der Waals surface area contributed by atoms with Crippen LogP contribution >= 0.6 is 0 Å². The topological polar surface area (TPSA) is 140 Å². The SMILES string of the molecule is CCO/C(N)=C1\C=C\c2[nH]nc3c(C)nc(cc23)-c2c(C)nn(C)c2O[C@H](C)[C@H]2CCCN2CC1=NCCO. The van der Waals surface area contributed by atoms with E-state index in [2.05, 4.69) is 22.0 Å². The number of aromatic amines is 1. The molecular weight excluding hydrogens is 496 g/mol. The zero-order chi connectivity index (χ0) is 27.7. The van der Waals surface area contributed by atoms with E-state index in [0.717, 1.165) is 64.3 Å². The van der Waals surface area contributed by atoms with Gasteiger partial charge in [0, 0.05) is 25.0 Å². The lowest BCUT2D eigenvalue weighted by atomic mass is 10.1. The lowest BCUT2D eigenvalue weighted by Crippen LogP contribution is -2.43. The average Bonchev–Trinajstić information content (AvgIpc) is 3.60. The quantitative estimate of drug-likeness (QED) is 0.434. The number of aliphatic hydroxyl groups excluding tert-OH is 1. The molecule has 0 aromatic carbocycles. The molecule has 0 amide bonds. The van der Waals surface area contributed by atoms with Gasteiger partial charge in [0.25, 0.3) is 0 Å². The Hall–Kier alpha value is -3.70. The fourth-order valence-corrected chi connectivity index (χ4v) is 5.66. The Morgan fingerprint density at radius 2 is 2.13 bits per heavy atom. The molecule has 3 aromatic heterocycles. The number of nitrogens with two attached hydrogens (primary N) is 1. The summed E-state index contributed by atoms with van der Waals surface area (Å²) in [6, 6.07) is 2.19. The van der Waals surface area contributed by atoms with Crippen molar-refractivity contribution >= 4 is 22.7 Å². The van der Waals surface area contributed by atoms with Gasteiger partial charge in [-0.15, -0.1) is 0 Å². The number of aliphatic hydroxyl groups is 1. The van der Waals surface area contributed by atoms with Gasteiger partial charge in [0.15, 0.2) is 5.88 Å². The van der Waals surface area contributed by atoms with Gasteiger partial charge in [-0.2, -0.15) is 10.2 Å². The number of aromatic nitrogens is 5. The molecule has 5 heterocycles. The second kappa shape index (κ2) is 11.2. The predicted octanol–water partition coefficient (Wildman–Crippen LogP) is 2.87. The third-order valence-electron chi connectivity index (χ3n) is 7.47. The van der Waals surface area contributed by atoms with E-state index in [1.165, 1.54) is 0 Å². The van der Waals surface area contributed by atoms with Crippen LogP contribution in [0.3, 0.4) is 0 Å². The van der Waals surface area contributed by atoms with E-state index >= 15 is 0 Å². The van der Waals surface area contributed by atoms with Crippen LogP contribution in [0.1, 0.15) is 43.8 Å². The van der Waals surface area contributed by atoms with Gasteiger partial charge < -0.3 is 20.3 Å². The Balaban J connectivity index is 1.74. The summed E-state index contributed by atoms with van der Waals surface area (Å²) in [6.45, 7) is 10.1. The Morgan fingerprint density at radius 3 is 2.90 bits per heavy atom. The highest BCUT2D eigenvalue weighted by Gasteiger charge is 2.34. The van der Waals surface area contributed by atoms with E-state index in [1.54, 1.807) is 4.68 Å². The molecule has 39 heavy (non-hydrogen) atoms. The van der Waals surface area contributed by atoms with Crippen molar-refractivity contribution < 1.29 is 14.6 Å². The van der Waals surface area contributed by atoms with Gasteiger partial charge >= 0.3 is 0 Å². The molecular formula is C28H38N8O3. The number of pyridine rings is 1. The molecule has 1 fully saturated rings. The van der Waals surface area contributed by atoms with Crippen molar-refractivity contribution in [3.63, 3.8) is 0 Å². The molecule has 0 aliphatic carbocycles. The number of fused-ring (bicyclic) bond motifs is 4. The van der Waals surface area contributed by atoms with E-state index in [0.29, 0.717) is 30.5 Å². The van der Waals surface area contributed by atoms with Crippen LogP contribution in [0.25, 0.3) is 28.2 Å². The van der Waals surface area contributed by atoms with Gasteiger partial charge in [0.05, 0.1) is 59.4 Å². The molecule has 0 saturated carbocycles. The summed E-state index contributed by atoms with van der Waals surface area (Å²) in [5.41, 5.74) is 12.8. The summed E-state index contributed by atoms with van der Waals surface area (Å²) in [5.74, 6) is 0.996. The summed E-state index contributed by atoms with van der Waals surface area (Å²) in [6.07, 6.45) is 5.80. The first-order valence-corrected chi connectivity index (χ1v) is 13.6. The molecule has 2 atom stereocenters. The number of aryl methyl sites for hydroxylation is 3. The van der Waals surface area contributed by atoms with Crippen molar-refractivity contribution in [2.45, 2.75) is 52.7 Å². The number of aliphatic imine (C=N–C) groups is 1. The zero-order valence-electron chi connectivity index (χ0n) is 23.4. The number of ether oxygens (including phenoxy) is 2. The van der Waals surface area contributed by atoms with Gasteiger partial charge in [-0.05, 0) is 65.3 Å². The van der Waals surface area contributed by atoms with E-state index in [4.69, 9.17) is 30.3 Å². The molecule has 3 aromatic rings. The van der Waals surface area contributed by atoms with E-state index in [-0.39, 0.29) is 25.3 Å². The standard InChI is InChI=1S/C28H38N8O3/c1-6-38-27(29)19-9-10-21-20-14-22(31-17(3)26(20)33-32-21)25-16(2)34-35(5)28(25)39-18(4)24-8-7-12-36(24)15-23(19)30-11-13-37/h9-10,14,18,24,37H,6-8,11-13,15,29H2,1-5H3,(H,32,33)/b10-9+,27-19+,30-23?/t18-,24-/m1/s1. The Kier molecular flexibility index (Phi) is 7.72. The molecule has 2 bridgehead atoms.